The molecule has 0 aromatic carbocycles. The van der Waals surface area contributed by atoms with E-state index in [1.807, 2.05) is 6.92 Å². The number of nitrogens with one attached hydrogen (secondary N) is 2. The normalized spacial score (nSPS) is 9.83. The van der Waals surface area contributed by atoms with Crippen LogP contribution in [0.4, 0.5) is 5.82 Å². The number of nitrogens with zero attached hydrogens (tertiary/aromatic N) is 1. The van der Waals surface area contributed by atoms with Gasteiger partial charge in [-0.15, -0.1) is 0 Å². The van der Waals surface area contributed by atoms with Crippen molar-refractivity contribution in [2.75, 3.05) is 18.4 Å². The fourth-order valence-electron chi connectivity index (χ4n) is 1.37. The second-order valence-electron chi connectivity index (χ2n) is 3.73. The average molecular weight is 251 g/mol. The first-order chi connectivity index (χ1) is 8.65. The molecular weight excluding hydrogens is 234 g/mol. The van der Waals surface area contributed by atoms with Crippen LogP contribution >= 0.6 is 0 Å². The lowest BCUT2D eigenvalue weighted by Crippen LogP contribution is -2.26. The van der Waals surface area contributed by atoms with Gasteiger partial charge in [-0.05, 0) is 18.6 Å². The van der Waals surface area contributed by atoms with E-state index in [9.17, 15) is 9.59 Å². The van der Waals surface area contributed by atoms with Crippen molar-refractivity contribution >= 4 is 17.7 Å². The summed E-state index contributed by atoms with van der Waals surface area (Å²) in [6, 6.07) is 3.03. The zero-order chi connectivity index (χ0) is 13.4. The van der Waals surface area contributed by atoms with Crippen molar-refractivity contribution in [1.82, 2.24) is 10.3 Å². The monoisotopic (exact) mass is 251 g/mol. The summed E-state index contributed by atoms with van der Waals surface area (Å²) in [5, 5.41) is 14.5. The molecule has 0 saturated heterocycles. The Labute approximate surface area is 105 Å². The minimum atomic E-state index is -1.04. The highest BCUT2D eigenvalue weighted by molar-refractivity contribution is 5.93. The van der Waals surface area contributed by atoms with Crippen LogP contribution in [0.1, 0.15) is 30.1 Å². The van der Waals surface area contributed by atoms with Crippen LogP contribution in [0, 0.1) is 0 Å². The molecule has 1 aromatic rings. The molecule has 18 heavy (non-hydrogen) atoms. The number of carbonyl (C=O) groups is 2. The van der Waals surface area contributed by atoms with Crippen molar-refractivity contribution in [3.63, 3.8) is 0 Å². The van der Waals surface area contributed by atoms with Gasteiger partial charge < -0.3 is 15.7 Å². The summed E-state index contributed by atoms with van der Waals surface area (Å²) in [6.45, 7) is 2.99. The molecule has 0 spiro atoms. The maximum absolute atomic E-state index is 11.3. The second-order valence-corrected chi connectivity index (χ2v) is 3.73. The van der Waals surface area contributed by atoms with Crippen LogP contribution in [0.25, 0.3) is 0 Å². The van der Waals surface area contributed by atoms with Gasteiger partial charge in [0.15, 0.2) is 0 Å². The number of pyridine rings is 1. The van der Waals surface area contributed by atoms with Crippen molar-refractivity contribution in [2.45, 2.75) is 19.8 Å². The molecule has 98 valence electrons. The summed E-state index contributed by atoms with van der Waals surface area (Å²) < 4.78 is 0. The number of amides is 1. The number of aromatic carboxylic acids is 1. The van der Waals surface area contributed by atoms with E-state index in [-0.39, 0.29) is 23.7 Å². The first-order valence-corrected chi connectivity index (χ1v) is 5.84. The summed E-state index contributed by atoms with van der Waals surface area (Å²) in [6.07, 6.45) is 2.68. The highest BCUT2D eigenvalue weighted by Gasteiger charge is 2.10. The molecule has 0 bridgehead atoms. The Morgan fingerprint density at radius 1 is 1.39 bits per heavy atom. The summed E-state index contributed by atoms with van der Waals surface area (Å²) in [4.78, 5) is 26.2. The molecule has 0 aliphatic rings. The molecule has 0 fully saturated rings. The molecule has 3 N–H and O–H groups in total. The number of carbonyl (C=O) groups excluding carboxylic acids is 1. The number of hydrogen-bond acceptors (Lipinski definition) is 4. The molecule has 1 heterocycles. The van der Waals surface area contributed by atoms with Crippen LogP contribution in [-0.2, 0) is 4.79 Å². The lowest BCUT2D eigenvalue weighted by Gasteiger charge is -2.08. The van der Waals surface area contributed by atoms with Gasteiger partial charge in [-0.2, -0.15) is 0 Å². The molecule has 1 amide bonds. The first-order valence-electron chi connectivity index (χ1n) is 5.84. The third-order valence-corrected chi connectivity index (χ3v) is 2.25. The second kappa shape index (κ2) is 7.26. The molecule has 6 heteroatoms. The van der Waals surface area contributed by atoms with Crippen molar-refractivity contribution in [1.29, 1.82) is 0 Å². The minimum Gasteiger partial charge on any atom is -0.478 e. The minimum absolute atomic E-state index is 0.0582. The number of carboxylic acid groups (broad SMARTS) is 1. The third kappa shape index (κ3) is 4.40. The van der Waals surface area contributed by atoms with Crippen molar-refractivity contribution in [3.8, 4) is 0 Å². The van der Waals surface area contributed by atoms with Crippen LogP contribution in [0.5, 0.6) is 0 Å². The molecule has 0 saturated carbocycles. The van der Waals surface area contributed by atoms with Gasteiger partial charge >= 0.3 is 5.97 Å². The Morgan fingerprint density at radius 2 is 2.17 bits per heavy atom. The van der Waals surface area contributed by atoms with Gasteiger partial charge in [-0.1, -0.05) is 6.92 Å². The van der Waals surface area contributed by atoms with Crippen molar-refractivity contribution in [3.05, 3.63) is 23.9 Å². The SMILES string of the molecule is CCCNC(=O)CCNc1ncccc1C(=O)O. The van der Waals surface area contributed by atoms with E-state index in [1.54, 1.807) is 6.07 Å². The fraction of sp³-hybridized carbons (Fsp3) is 0.417. The van der Waals surface area contributed by atoms with Gasteiger partial charge in [0.05, 0.1) is 0 Å². The van der Waals surface area contributed by atoms with Gasteiger partial charge in [-0.3, -0.25) is 4.79 Å². The summed E-state index contributed by atoms with van der Waals surface area (Å²) in [5.41, 5.74) is 0.103. The Hall–Kier alpha value is -2.11. The molecule has 6 nitrogen and oxygen atoms in total. The van der Waals surface area contributed by atoms with E-state index in [1.165, 1.54) is 12.3 Å². The van der Waals surface area contributed by atoms with E-state index in [2.05, 4.69) is 15.6 Å². The van der Waals surface area contributed by atoms with E-state index in [0.29, 0.717) is 13.1 Å². The van der Waals surface area contributed by atoms with Gasteiger partial charge in [-0.25, -0.2) is 9.78 Å². The standard InChI is InChI=1S/C12H17N3O3/c1-2-6-13-10(16)5-8-15-11-9(12(17)18)4-3-7-14-11/h3-4,7H,2,5-6,8H2,1H3,(H,13,16)(H,14,15)(H,17,18). The maximum Gasteiger partial charge on any atom is 0.339 e. The lowest BCUT2D eigenvalue weighted by molar-refractivity contribution is -0.120. The largest absolute Gasteiger partial charge is 0.478 e. The van der Waals surface area contributed by atoms with Gasteiger partial charge in [0.1, 0.15) is 11.4 Å². The van der Waals surface area contributed by atoms with Crippen LogP contribution in [-0.4, -0.2) is 35.1 Å². The fourth-order valence-corrected chi connectivity index (χ4v) is 1.37. The Kier molecular flexibility index (Phi) is 5.63. The van der Waals surface area contributed by atoms with E-state index in [0.717, 1.165) is 6.42 Å². The van der Waals surface area contributed by atoms with Gasteiger partial charge in [0.2, 0.25) is 5.91 Å². The molecule has 0 radical (unpaired) electrons. The topological polar surface area (TPSA) is 91.3 Å². The maximum atomic E-state index is 11.3. The number of anilines is 1. The number of rotatable bonds is 7. The van der Waals surface area contributed by atoms with Crippen LogP contribution in [0.2, 0.25) is 0 Å². The quantitative estimate of drug-likeness (QED) is 0.675. The molecule has 1 aromatic heterocycles. The Morgan fingerprint density at radius 3 is 2.83 bits per heavy atom. The third-order valence-electron chi connectivity index (χ3n) is 2.25. The van der Waals surface area contributed by atoms with Crippen LogP contribution < -0.4 is 10.6 Å². The predicted molar refractivity (Wildman–Crippen MR) is 67.6 cm³/mol. The number of hydrogen-bond donors (Lipinski definition) is 3. The van der Waals surface area contributed by atoms with Crippen LogP contribution in [0.3, 0.4) is 0 Å². The zero-order valence-electron chi connectivity index (χ0n) is 10.3. The summed E-state index contributed by atoms with van der Waals surface area (Å²) in [7, 11) is 0. The van der Waals surface area contributed by atoms with Gasteiger partial charge in [0, 0.05) is 25.7 Å². The lowest BCUT2D eigenvalue weighted by atomic mass is 10.2. The van der Waals surface area contributed by atoms with E-state index < -0.39 is 5.97 Å². The summed E-state index contributed by atoms with van der Waals surface area (Å²) >= 11 is 0. The molecule has 0 atom stereocenters. The van der Waals surface area contributed by atoms with Crippen molar-refractivity contribution < 1.29 is 14.7 Å². The molecule has 0 aliphatic carbocycles. The molecule has 0 aliphatic heterocycles. The van der Waals surface area contributed by atoms with E-state index in [4.69, 9.17) is 5.11 Å². The highest BCUT2D eigenvalue weighted by atomic mass is 16.4. The number of carboxylic acids is 1. The predicted octanol–water partition coefficient (Wildman–Crippen LogP) is 1.11. The van der Waals surface area contributed by atoms with E-state index >= 15 is 0 Å². The highest BCUT2D eigenvalue weighted by Crippen LogP contribution is 2.10. The van der Waals surface area contributed by atoms with Gasteiger partial charge in [0.25, 0.3) is 0 Å². The molecule has 1 rings (SSSR count). The average Bonchev–Trinajstić information content (AvgIpc) is 2.36. The van der Waals surface area contributed by atoms with Crippen LogP contribution in [0.15, 0.2) is 18.3 Å². The Bertz CT molecular complexity index is 421. The molecule has 0 unspecified atom stereocenters. The first kappa shape index (κ1) is 14.0. The Balaban J connectivity index is 2.44. The smallest absolute Gasteiger partial charge is 0.339 e. The summed E-state index contributed by atoms with van der Waals surface area (Å²) in [5.74, 6) is -0.813. The molecular formula is C12H17N3O3. The number of aromatic nitrogens is 1. The van der Waals surface area contributed by atoms with Crippen molar-refractivity contribution in [2.24, 2.45) is 0 Å². The zero-order valence-corrected chi connectivity index (χ0v) is 10.3.